The molecule has 0 bridgehead atoms. The lowest BCUT2D eigenvalue weighted by molar-refractivity contribution is 0.341. The molecule has 2 rings (SSSR count). The summed E-state index contributed by atoms with van der Waals surface area (Å²) in [6.45, 7) is 8.26. The van der Waals surface area contributed by atoms with E-state index in [1.54, 1.807) is 0 Å². The van der Waals surface area contributed by atoms with Crippen LogP contribution in [0.15, 0.2) is 24.3 Å². The van der Waals surface area contributed by atoms with Crippen LogP contribution >= 0.6 is 0 Å². The number of para-hydroxylation sites is 1. The second-order valence-corrected chi connectivity index (χ2v) is 4.42. The average Bonchev–Trinajstić information content (AvgIpc) is 2.49. The lowest BCUT2D eigenvalue weighted by atomic mass is 10.2. The van der Waals surface area contributed by atoms with E-state index in [0.717, 1.165) is 24.4 Å². The minimum absolute atomic E-state index is 0.216. The summed E-state index contributed by atoms with van der Waals surface area (Å²) in [6, 6.07) is 7.67. The van der Waals surface area contributed by atoms with Gasteiger partial charge in [-0.25, -0.2) is 0 Å². The number of ether oxygens (including phenoxy) is 1. The Bertz CT molecular complexity index is 598. The molecular formula is C15H21N5O. The number of anilines is 2. The highest BCUT2D eigenvalue weighted by Gasteiger charge is 2.14. The van der Waals surface area contributed by atoms with Crippen LogP contribution in [0.3, 0.4) is 0 Å². The van der Waals surface area contributed by atoms with Gasteiger partial charge in [0.1, 0.15) is 5.75 Å². The number of hydrogen-bond donors (Lipinski definition) is 1. The Labute approximate surface area is 125 Å². The molecule has 21 heavy (non-hydrogen) atoms. The van der Waals surface area contributed by atoms with Gasteiger partial charge in [-0.2, -0.15) is 15.0 Å². The molecular weight excluding hydrogens is 266 g/mol. The van der Waals surface area contributed by atoms with Gasteiger partial charge in [-0.1, -0.05) is 12.1 Å². The van der Waals surface area contributed by atoms with E-state index in [1.165, 1.54) is 0 Å². The number of aromatic nitrogens is 3. The summed E-state index contributed by atoms with van der Waals surface area (Å²) in [6.07, 6.45) is 0. The van der Waals surface area contributed by atoms with E-state index >= 15 is 0 Å². The van der Waals surface area contributed by atoms with E-state index in [1.807, 2.05) is 36.1 Å². The molecule has 2 aromatic rings. The third-order valence-electron chi connectivity index (χ3n) is 3.11. The van der Waals surface area contributed by atoms with Crippen LogP contribution in [-0.2, 0) is 0 Å². The van der Waals surface area contributed by atoms with E-state index < -0.39 is 0 Å². The second-order valence-electron chi connectivity index (χ2n) is 4.42. The number of nitrogens with two attached hydrogens (primary N) is 1. The summed E-state index contributed by atoms with van der Waals surface area (Å²) in [5.41, 5.74) is 6.66. The highest BCUT2D eigenvalue weighted by Crippen LogP contribution is 2.28. The summed E-state index contributed by atoms with van der Waals surface area (Å²) in [7, 11) is 0. The molecule has 0 aliphatic heterocycles. The molecule has 0 spiro atoms. The molecule has 0 fully saturated rings. The first-order valence-electron chi connectivity index (χ1n) is 7.18. The van der Waals surface area contributed by atoms with Gasteiger partial charge in [-0.05, 0) is 32.9 Å². The van der Waals surface area contributed by atoms with E-state index in [2.05, 4.69) is 28.8 Å². The van der Waals surface area contributed by atoms with Crippen molar-refractivity contribution in [2.45, 2.75) is 20.8 Å². The third-order valence-corrected chi connectivity index (χ3v) is 3.11. The summed E-state index contributed by atoms with van der Waals surface area (Å²) >= 11 is 0. The minimum Gasteiger partial charge on any atom is -0.493 e. The summed E-state index contributed by atoms with van der Waals surface area (Å²) < 4.78 is 5.63. The molecule has 0 aliphatic carbocycles. The van der Waals surface area contributed by atoms with Crippen molar-refractivity contribution in [1.29, 1.82) is 0 Å². The molecule has 0 saturated heterocycles. The van der Waals surface area contributed by atoms with Crippen LogP contribution in [-0.4, -0.2) is 34.6 Å². The highest BCUT2D eigenvalue weighted by atomic mass is 16.5. The van der Waals surface area contributed by atoms with Crippen LogP contribution < -0.4 is 15.4 Å². The van der Waals surface area contributed by atoms with Crippen molar-refractivity contribution in [3.8, 4) is 17.1 Å². The molecule has 0 saturated carbocycles. The number of hydrogen-bond acceptors (Lipinski definition) is 6. The van der Waals surface area contributed by atoms with Crippen LogP contribution in [0.2, 0.25) is 0 Å². The van der Waals surface area contributed by atoms with E-state index in [9.17, 15) is 0 Å². The Kier molecular flexibility index (Phi) is 4.92. The van der Waals surface area contributed by atoms with Crippen molar-refractivity contribution >= 4 is 11.9 Å². The number of nitrogen functional groups attached to an aromatic ring is 1. The minimum atomic E-state index is 0.216. The lowest BCUT2D eigenvalue weighted by Crippen LogP contribution is -2.25. The maximum absolute atomic E-state index is 5.84. The predicted molar refractivity (Wildman–Crippen MR) is 84.4 cm³/mol. The van der Waals surface area contributed by atoms with Crippen LogP contribution in [0.4, 0.5) is 11.9 Å². The summed E-state index contributed by atoms with van der Waals surface area (Å²) in [5.74, 6) is 2.09. The fourth-order valence-corrected chi connectivity index (χ4v) is 2.08. The molecule has 2 N–H and O–H groups in total. The van der Waals surface area contributed by atoms with Gasteiger partial charge < -0.3 is 15.4 Å². The smallest absolute Gasteiger partial charge is 0.230 e. The van der Waals surface area contributed by atoms with E-state index in [0.29, 0.717) is 18.4 Å². The van der Waals surface area contributed by atoms with Crippen LogP contribution in [0, 0.1) is 0 Å². The van der Waals surface area contributed by atoms with Gasteiger partial charge >= 0.3 is 0 Å². The van der Waals surface area contributed by atoms with Gasteiger partial charge in [0.05, 0.1) is 12.2 Å². The zero-order valence-corrected chi connectivity index (χ0v) is 12.7. The first-order chi connectivity index (χ1) is 10.2. The molecule has 0 atom stereocenters. The average molecular weight is 287 g/mol. The maximum atomic E-state index is 5.84. The second kappa shape index (κ2) is 6.88. The first-order valence-corrected chi connectivity index (χ1v) is 7.18. The van der Waals surface area contributed by atoms with Crippen molar-refractivity contribution in [2.75, 3.05) is 30.3 Å². The topological polar surface area (TPSA) is 77.2 Å². The normalized spacial score (nSPS) is 10.4. The molecule has 0 aliphatic rings. The molecule has 112 valence electrons. The maximum Gasteiger partial charge on any atom is 0.230 e. The molecule has 0 radical (unpaired) electrons. The van der Waals surface area contributed by atoms with Gasteiger partial charge in [0.15, 0.2) is 5.82 Å². The predicted octanol–water partition coefficient (Wildman–Crippen LogP) is 2.37. The SMILES string of the molecule is CCOc1ccccc1-c1nc(N)nc(N(CC)CC)n1. The van der Waals surface area contributed by atoms with Gasteiger partial charge in [0.2, 0.25) is 11.9 Å². The van der Waals surface area contributed by atoms with Gasteiger partial charge in [-0.15, -0.1) is 0 Å². The molecule has 0 unspecified atom stereocenters. The van der Waals surface area contributed by atoms with Crippen molar-refractivity contribution in [2.24, 2.45) is 0 Å². The zero-order valence-electron chi connectivity index (χ0n) is 12.7. The molecule has 1 aromatic heterocycles. The Hall–Kier alpha value is -2.37. The molecule has 6 nitrogen and oxygen atoms in total. The third kappa shape index (κ3) is 3.39. The zero-order chi connectivity index (χ0) is 15.2. The van der Waals surface area contributed by atoms with Gasteiger partial charge in [0.25, 0.3) is 0 Å². The van der Waals surface area contributed by atoms with Gasteiger partial charge in [-0.3, -0.25) is 0 Å². The largest absolute Gasteiger partial charge is 0.493 e. The van der Waals surface area contributed by atoms with Crippen molar-refractivity contribution in [3.63, 3.8) is 0 Å². The van der Waals surface area contributed by atoms with E-state index in [4.69, 9.17) is 10.5 Å². The Balaban J connectivity index is 2.49. The highest BCUT2D eigenvalue weighted by molar-refractivity contribution is 5.65. The molecule has 1 aromatic carbocycles. The quantitative estimate of drug-likeness (QED) is 0.879. The van der Waals surface area contributed by atoms with Crippen molar-refractivity contribution in [1.82, 2.24) is 15.0 Å². The standard InChI is InChI=1S/C15H21N5O/c1-4-20(5-2)15-18-13(17-14(16)19-15)11-9-7-8-10-12(11)21-6-3/h7-10H,4-6H2,1-3H3,(H2,16,17,18,19). The molecule has 6 heteroatoms. The number of rotatable bonds is 6. The Morgan fingerprint density at radius 2 is 1.76 bits per heavy atom. The molecule has 0 amide bonds. The fraction of sp³-hybridized carbons (Fsp3) is 0.400. The number of nitrogens with zero attached hydrogens (tertiary/aromatic N) is 4. The first kappa shape index (κ1) is 15.0. The van der Waals surface area contributed by atoms with Crippen LogP contribution in [0.1, 0.15) is 20.8 Å². The van der Waals surface area contributed by atoms with Gasteiger partial charge in [0, 0.05) is 13.1 Å². The monoisotopic (exact) mass is 287 g/mol. The van der Waals surface area contributed by atoms with E-state index in [-0.39, 0.29) is 5.95 Å². The summed E-state index contributed by atoms with van der Waals surface area (Å²) in [4.78, 5) is 15.0. The fourth-order valence-electron chi connectivity index (χ4n) is 2.08. The number of benzene rings is 1. The van der Waals surface area contributed by atoms with Crippen molar-refractivity contribution in [3.05, 3.63) is 24.3 Å². The van der Waals surface area contributed by atoms with Crippen LogP contribution in [0.25, 0.3) is 11.4 Å². The summed E-state index contributed by atoms with van der Waals surface area (Å²) in [5, 5.41) is 0. The lowest BCUT2D eigenvalue weighted by Gasteiger charge is -2.19. The Morgan fingerprint density at radius 1 is 1.05 bits per heavy atom. The van der Waals surface area contributed by atoms with Crippen molar-refractivity contribution < 1.29 is 4.74 Å². The van der Waals surface area contributed by atoms with Crippen LogP contribution in [0.5, 0.6) is 5.75 Å². The Morgan fingerprint density at radius 3 is 2.43 bits per heavy atom. The molecule has 1 heterocycles.